The zero-order valence-corrected chi connectivity index (χ0v) is 81.0. The van der Waals surface area contributed by atoms with Crippen LogP contribution in [-0.4, -0.2) is 152 Å². The van der Waals surface area contributed by atoms with E-state index in [1.165, 1.54) is 66.7 Å². The second kappa shape index (κ2) is 37.4. The van der Waals surface area contributed by atoms with Crippen LogP contribution < -0.4 is 0 Å². The molecule has 0 radical (unpaired) electrons. The van der Waals surface area contributed by atoms with E-state index in [1.54, 1.807) is 18.2 Å². The van der Waals surface area contributed by atoms with Gasteiger partial charge in [0.05, 0.1) is 25.7 Å². The number of Topliss-reactive ketones (excluding diaryl/α,β-unsaturated/α-hetero) is 8. The first-order valence-electron chi connectivity index (χ1n) is 48.8. The van der Waals surface area contributed by atoms with Crippen molar-refractivity contribution in [1.82, 2.24) is 0 Å². The molecule has 8 saturated carbocycles. The van der Waals surface area contributed by atoms with Gasteiger partial charge in [0.1, 0.15) is 39.9 Å². The zero-order valence-electron chi connectivity index (χ0n) is 81.0. The van der Waals surface area contributed by atoms with Crippen LogP contribution in [0.1, 0.15) is 297 Å². The Bertz CT molecular complexity index is 4850. The van der Waals surface area contributed by atoms with Crippen molar-refractivity contribution < 1.29 is 111 Å². The van der Waals surface area contributed by atoms with Crippen molar-refractivity contribution in [2.24, 2.45) is 120 Å². The van der Waals surface area contributed by atoms with Crippen LogP contribution in [0.15, 0.2) is 117 Å². The molecule has 16 aliphatic rings. The predicted octanol–water partition coefficient (Wildman–Crippen LogP) is 16.4. The quantitative estimate of drug-likeness (QED) is 0.0459. The van der Waals surface area contributed by atoms with E-state index >= 15 is 0 Å². The summed E-state index contributed by atoms with van der Waals surface area (Å²) in [5, 5.41) is 35.6. The molecule has 0 aliphatic heterocycles. The molecule has 0 aromatic heterocycles. The molecular formula is C109H142O23. The molecule has 0 spiro atoms. The van der Waals surface area contributed by atoms with E-state index in [9.17, 15) is 92.0 Å². The summed E-state index contributed by atoms with van der Waals surface area (Å²) in [5.41, 5.74) is 2.18. The highest BCUT2D eigenvalue weighted by molar-refractivity contribution is 6.03. The lowest BCUT2D eigenvalue weighted by Crippen LogP contribution is -2.57. The van der Waals surface area contributed by atoms with Gasteiger partial charge in [0.15, 0.2) is 55.3 Å². The number of hydrogen-bond donors (Lipinski definition) is 3. The summed E-state index contributed by atoms with van der Waals surface area (Å²) in [6, 6.07) is 0. The lowest BCUT2D eigenvalue weighted by Gasteiger charge is -2.54. The number of fused-ring (bicyclic) bond motifs is 20. The molecule has 0 saturated heterocycles. The molecule has 0 heterocycles. The molecule has 3 N–H and O–H groups in total. The molecule has 16 aliphatic carbocycles. The summed E-state index contributed by atoms with van der Waals surface area (Å²) < 4.78 is 20.8. The SMILES string of the molecule is CC(=O)CCC(=O)OCC(=O)[C@@]1(C)[C@H](C)CC2C3CCC4=CC(=O)C=C[C@]4(C)C3=CC[C@@]21C.CC(=O)CCC(=O)OCC(=O)[C@@]1(O)[C@@H](C)CC2C3CCC4=CC(=O)C=C[C@]4(C)C3=CC[C@@]21C.CC(=O)CCC(=O)OCC(=O)[C@@]1(O)[C@@H](C)CC2C3CCC4=CC(=O)CC[C@]4(C)C3=CC[C@@]21C.CC(=O)CCC(=O)OCC(=O)[C@@]1(O)[C@H](C)CC2C3CCC4=CC(=O)CC[C@]4(C)C3=CC[C@@]21C. The van der Waals surface area contributed by atoms with Crippen molar-refractivity contribution in [3.63, 3.8) is 0 Å². The van der Waals surface area contributed by atoms with E-state index in [4.69, 9.17) is 18.9 Å². The molecule has 0 aromatic carbocycles. The third-order valence-electron chi connectivity index (χ3n) is 37.5. The van der Waals surface area contributed by atoms with Crippen LogP contribution in [0.2, 0.25) is 0 Å². The lowest BCUT2D eigenvalue weighted by atomic mass is 9.49. The molecule has 16 rings (SSSR count). The summed E-state index contributed by atoms with van der Waals surface area (Å²) in [6.45, 7) is 31.2. The van der Waals surface area contributed by atoms with Crippen molar-refractivity contribution >= 4 is 93.3 Å². The van der Waals surface area contributed by atoms with Crippen molar-refractivity contribution in [1.29, 1.82) is 0 Å². The van der Waals surface area contributed by atoms with Gasteiger partial charge in [0.25, 0.3) is 0 Å². The number of carbonyl (C=O) groups excluding carboxylic acids is 16. The van der Waals surface area contributed by atoms with Crippen LogP contribution in [0, 0.1) is 120 Å². The van der Waals surface area contributed by atoms with Gasteiger partial charge >= 0.3 is 23.9 Å². The Morgan fingerprint density at radius 2 is 0.598 bits per heavy atom. The van der Waals surface area contributed by atoms with Crippen LogP contribution in [0.3, 0.4) is 0 Å². The normalized spacial score (nSPS) is 39.3. The zero-order chi connectivity index (χ0) is 96.7. The largest absolute Gasteiger partial charge is 0.458 e. The average molecular weight is 1820 g/mol. The minimum absolute atomic E-state index is 0.0150. The summed E-state index contributed by atoms with van der Waals surface area (Å²) >= 11 is 0. The highest BCUT2D eigenvalue weighted by atomic mass is 16.6. The molecule has 23 heteroatoms. The Morgan fingerprint density at radius 3 is 0.909 bits per heavy atom. The number of ether oxygens (including phenoxy) is 4. The molecular weight excluding hydrogens is 1680 g/mol. The Hall–Kier alpha value is -8.80. The first-order valence-corrected chi connectivity index (χ1v) is 48.8. The maximum absolute atomic E-state index is 13.5. The van der Waals surface area contributed by atoms with Gasteiger partial charge in [-0.25, -0.2) is 0 Å². The molecule has 132 heavy (non-hydrogen) atoms. The molecule has 0 bridgehead atoms. The average Bonchev–Trinajstić information content (AvgIpc) is 1.52. The second-order valence-corrected chi connectivity index (χ2v) is 44.5. The predicted molar refractivity (Wildman–Crippen MR) is 491 cm³/mol. The second-order valence-electron chi connectivity index (χ2n) is 44.5. The van der Waals surface area contributed by atoms with Gasteiger partial charge in [-0.15, -0.1) is 0 Å². The summed E-state index contributed by atoms with van der Waals surface area (Å²) in [6.07, 6.45) is 39.8. The maximum atomic E-state index is 13.5. The standard InChI is InChI=1S/C28H36O5.2C27H36O6.C27H34O6/c1-17-14-23-21-8-7-19-15-20(30)10-12-26(19,3)22(21)11-13-27(23,4)28(17,5)24(31)16-33-25(32)9-6-18(2)29;3*1-16-13-22-20-7-6-18-14-19(29)9-11-25(18,3)21(20)10-12-26(22,4)27(16,32)23(30)15-33-24(31)8-5-17(2)28/h10-12,15,17,21,23H,6-9,13-14,16H2,1-5H3;2*10,14,16,20,22,32H,5-9,11-13,15H2,1-4H3;9-11,14,16,20,22,32H,5-8,12-13,15H2,1-4H3/t17-,21?,23?,26+,27+,28-;16-,20?,22?,25+,26+,27+;2*16-,20?,22?,25-,26-,27-/m1100/s1. The first-order chi connectivity index (χ1) is 61.7. The number of aliphatic hydroxyl groups is 3. The van der Waals surface area contributed by atoms with E-state index < -0.39 is 99.5 Å². The third kappa shape index (κ3) is 17.2. The number of ketones is 12. The molecule has 0 amide bonds. The summed E-state index contributed by atoms with van der Waals surface area (Å²) in [7, 11) is 0. The number of allylic oxidation sites excluding steroid dienone is 20. The fourth-order valence-corrected chi connectivity index (χ4v) is 29.2. The molecule has 716 valence electrons. The Balaban J connectivity index is 0.000000150. The minimum atomic E-state index is -1.59. The maximum Gasteiger partial charge on any atom is 0.306 e. The number of esters is 4. The van der Waals surface area contributed by atoms with Crippen LogP contribution >= 0.6 is 0 Å². The van der Waals surface area contributed by atoms with Gasteiger partial charge in [0, 0.05) is 81.8 Å². The molecule has 0 aromatic rings. The van der Waals surface area contributed by atoms with E-state index in [0.29, 0.717) is 43.9 Å². The summed E-state index contributed by atoms with van der Waals surface area (Å²) in [5.74, 6) is -2.08. The first kappa shape index (κ1) is 101. The van der Waals surface area contributed by atoms with E-state index in [2.05, 4.69) is 78.8 Å². The highest BCUT2D eigenvalue weighted by Gasteiger charge is 2.72. The van der Waals surface area contributed by atoms with Crippen molar-refractivity contribution in [2.45, 2.75) is 314 Å². The van der Waals surface area contributed by atoms with Gasteiger partial charge in [-0.1, -0.05) is 157 Å². The highest BCUT2D eigenvalue weighted by Crippen LogP contribution is 2.73. The van der Waals surface area contributed by atoms with Crippen LogP contribution in [0.5, 0.6) is 0 Å². The van der Waals surface area contributed by atoms with Crippen molar-refractivity contribution in [3.05, 3.63) is 117 Å². The van der Waals surface area contributed by atoms with E-state index in [0.717, 1.165) is 102 Å². The topological polar surface area (TPSA) is 371 Å². The minimum Gasteiger partial charge on any atom is -0.458 e. The van der Waals surface area contributed by atoms with Crippen LogP contribution in [0.25, 0.3) is 0 Å². The van der Waals surface area contributed by atoms with Crippen LogP contribution in [0.4, 0.5) is 0 Å². The molecule has 8 fully saturated rings. The smallest absolute Gasteiger partial charge is 0.306 e. The van der Waals surface area contributed by atoms with Gasteiger partial charge in [-0.2, -0.15) is 0 Å². The van der Waals surface area contributed by atoms with E-state index in [1.807, 2.05) is 65.8 Å². The van der Waals surface area contributed by atoms with Gasteiger partial charge in [-0.3, -0.25) is 57.5 Å². The van der Waals surface area contributed by atoms with E-state index in [-0.39, 0.29) is 196 Å². The number of rotatable bonds is 24. The lowest BCUT2D eigenvalue weighted by molar-refractivity contribution is -0.168. The van der Waals surface area contributed by atoms with Crippen molar-refractivity contribution in [3.8, 4) is 0 Å². The van der Waals surface area contributed by atoms with Crippen molar-refractivity contribution in [2.75, 3.05) is 26.4 Å². The monoisotopic (exact) mass is 1820 g/mol. The van der Waals surface area contributed by atoms with Gasteiger partial charge in [-0.05, 0) is 270 Å². The number of hydrogen-bond acceptors (Lipinski definition) is 23. The Kier molecular flexibility index (Phi) is 28.5. The molecule has 23 nitrogen and oxygen atoms in total. The fraction of sp³-hybridized carbons (Fsp3) is 0.670. The third-order valence-corrected chi connectivity index (χ3v) is 37.5. The Morgan fingerprint density at radius 1 is 0.333 bits per heavy atom. The fourth-order valence-electron chi connectivity index (χ4n) is 29.2. The molecule has 8 unspecified atom stereocenters. The van der Waals surface area contributed by atoms with Gasteiger partial charge in [0.2, 0.25) is 17.3 Å². The Labute approximate surface area is 778 Å². The molecule has 24 atom stereocenters. The summed E-state index contributed by atoms with van der Waals surface area (Å²) in [4.78, 5) is 194. The van der Waals surface area contributed by atoms with Gasteiger partial charge < -0.3 is 53.4 Å². The van der Waals surface area contributed by atoms with Crippen LogP contribution in [-0.2, 0) is 95.7 Å². The number of carbonyl (C=O) groups is 16.